The number of rotatable bonds is 3. The van der Waals surface area contributed by atoms with Crippen molar-refractivity contribution < 1.29 is 0 Å². The highest BCUT2D eigenvalue weighted by molar-refractivity contribution is 4.96. The molecule has 0 bridgehead atoms. The highest BCUT2D eigenvalue weighted by Gasteiger charge is 2.44. The van der Waals surface area contributed by atoms with Crippen molar-refractivity contribution in [2.24, 2.45) is 10.8 Å². The summed E-state index contributed by atoms with van der Waals surface area (Å²) in [7, 11) is 0. The van der Waals surface area contributed by atoms with Crippen molar-refractivity contribution in [3.05, 3.63) is 12.7 Å². The molecule has 1 fully saturated rings. The summed E-state index contributed by atoms with van der Waals surface area (Å²) in [5.41, 5.74) is 1.26. The lowest BCUT2D eigenvalue weighted by atomic mass is 9.54. The maximum Gasteiger partial charge on any atom is -0.0313 e. The van der Waals surface area contributed by atoms with E-state index in [0.717, 1.165) is 0 Å². The number of hydrogen-bond acceptors (Lipinski definition) is 0. The molecule has 0 radical (unpaired) electrons. The lowest BCUT2D eigenvalue weighted by molar-refractivity contribution is -0.00292. The summed E-state index contributed by atoms with van der Waals surface area (Å²) in [5, 5.41) is 0. The van der Waals surface area contributed by atoms with E-state index in [1.165, 1.54) is 25.7 Å². The van der Waals surface area contributed by atoms with Gasteiger partial charge in [0.1, 0.15) is 0 Å². The standard InChI is InChI=1S/C11H20/c1-5-6-7-11(4)8-10(2,3)9-11/h5H,1,6-9H2,2-4H3. The molecule has 1 rings (SSSR count). The molecule has 0 aromatic rings. The van der Waals surface area contributed by atoms with Crippen LogP contribution in [0.25, 0.3) is 0 Å². The Bertz CT molecular complexity index is 145. The number of allylic oxidation sites excluding steroid dienone is 1. The van der Waals surface area contributed by atoms with Crippen LogP contribution in [0.4, 0.5) is 0 Å². The average Bonchev–Trinajstić information content (AvgIpc) is 1.79. The third kappa shape index (κ3) is 2.08. The van der Waals surface area contributed by atoms with Gasteiger partial charge in [-0.1, -0.05) is 26.8 Å². The zero-order chi connectivity index (χ0) is 8.54. The van der Waals surface area contributed by atoms with E-state index in [1.54, 1.807) is 0 Å². The van der Waals surface area contributed by atoms with Crippen LogP contribution >= 0.6 is 0 Å². The maximum absolute atomic E-state index is 3.76. The SMILES string of the molecule is C=CCCC1(C)CC(C)(C)C1. The minimum absolute atomic E-state index is 0.621. The summed E-state index contributed by atoms with van der Waals surface area (Å²) >= 11 is 0. The van der Waals surface area contributed by atoms with Crippen LogP contribution in [0.1, 0.15) is 46.5 Å². The van der Waals surface area contributed by atoms with Gasteiger partial charge in [0.15, 0.2) is 0 Å². The van der Waals surface area contributed by atoms with E-state index in [-0.39, 0.29) is 0 Å². The Morgan fingerprint density at radius 2 is 1.82 bits per heavy atom. The summed E-state index contributed by atoms with van der Waals surface area (Å²) in [4.78, 5) is 0. The highest BCUT2D eigenvalue weighted by Crippen LogP contribution is 2.56. The largest absolute Gasteiger partial charge is 0.103 e. The molecule has 0 N–H and O–H groups in total. The molecule has 0 aromatic heterocycles. The van der Waals surface area contributed by atoms with E-state index < -0.39 is 0 Å². The zero-order valence-corrected chi connectivity index (χ0v) is 8.11. The van der Waals surface area contributed by atoms with E-state index in [9.17, 15) is 0 Å². The molecule has 0 heterocycles. The van der Waals surface area contributed by atoms with Crippen LogP contribution < -0.4 is 0 Å². The van der Waals surface area contributed by atoms with Crippen LogP contribution in [-0.2, 0) is 0 Å². The van der Waals surface area contributed by atoms with Crippen molar-refractivity contribution in [1.82, 2.24) is 0 Å². The molecule has 1 aliphatic carbocycles. The maximum atomic E-state index is 3.76. The molecule has 0 saturated heterocycles. The fourth-order valence-electron chi connectivity index (χ4n) is 2.89. The molecule has 0 aromatic carbocycles. The summed E-state index contributed by atoms with van der Waals surface area (Å²) in [5.74, 6) is 0. The Kier molecular flexibility index (Phi) is 2.13. The second kappa shape index (κ2) is 2.66. The van der Waals surface area contributed by atoms with E-state index in [1.807, 2.05) is 6.08 Å². The lowest BCUT2D eigenvalue weighted by Gasteiger charge is -2.51. The van der Waals surface area contributed by atoms with Gasteiger partial charge in [0.2, 0.25) is 0 Å². The van der Waals surface area contributed by atoms with Crippen molar-refractivity contribution in [2.45, 2.75) is 46.5 Å². The monoisotopic (exact) mass is 152 g/mol. The molecular weight excluding hydrogens is 132 g/mol. The van der Waals surface area contributed by atoms with Crippen molar-refractivity contribution in [1.29, 1.82) is 0 Å². The minimum Gasteiger partial charge on any atom is -0.103 e. The molecule has 0 aliphatic heterocycles. The predicted octanol–water partition coefficient (Wildman–Crippen LogP) is 3.78. The Labute approximate surface area is 70.7 Å². The van der Waals surface area contributed by atoms with Crippen LogP contribution in [0.3, 0.4) is 0 Å². The smallest absolute Gasteiger partial charge is 0.0313 e. The van der Waals surface area contributed by atoms with Gasteiger partial charge in [0.05, 0.1) is 0 Å². The van der Waals surface area contributed by atoms with Crippen molar-refractivity contribution in [3.63, 3.8) is 0 Å². The Hall–Kier alpha value is -0.260. The van der Waals surface area contributed by atoms with Gasteiger partial charge in [-0.25, -0.2) is 0 Å². The summed E-state index contributed by atoms with van der Waals surface area (Å²) in [6, 6.07) is 0. The van der Waals surface area contributed by atoms with Gasteiger partial charge < -0.3 is 0 Å². The normalized spacial score (nSPS) is 25.7. The Balaban J connectivity index is 2.31. The first-order chi connectivity index (χ1) is 4.97. The second-order valence-electron chi connectivity index (χ2n) is 5.16. The van der Waals surface area contributed by atoms with Gasteiger partial charge in [0, 0.05) is 0 Å². The molecule has 0 spiro atoms. The van der Waals surface area contributed by atoms with Crippen molar-refractivity contribution >= 4 is 0 Å². The van der Waals surface area contributed by atoms with Crippen LogP contribution in [-0.4, -0.2) is 0 Å². The molecule has 1 aliphatic rings. The van der Waals surface area contributed by atoms with Gasteiger partial charge in [-0.15, -0.1) is 6.58 Å². The van der Waals surface area contributed by atoms with E-state index in [2.05, 4.69) is 27.4 Å². The molecule has 0 atom stereocenters. The minimum atomic E-state index is 0.621. The topological polar surface area (TPSA) is 0 Å². The molecule has 0 heteroatoms. The second-order valence-corrected chi connectivity index (χ2v) is 5.16. The third-order valence-corrected chi connectivity index (χ3v) is 2.76. The first-order valence-electron chi connectivity index (χ1n) is 4.58. The van der Waals surface area contributed by atoms with Gasteiger partial charge in [-0.3, -0.25) is 0 Å². The van der Waals surface area contributed by atoms with Gasteiger partial charge in [-0.05, 0) is 36.5 Å². The molecule has 0 amide bonds. The van der Waals surface area contributed by atoms with Crippen LogP contribution in [0.2, 0.25) is 0 Å². The van der Waals surface area contributed by atoms with Crippen molar-refractivity contribution in [2.75, 3.05) is 0 Å². The van der Waals surface area contributed by atoms with Crippen LogP contribution in [0.15, 0.2) is 12.7 Å². The first-order valence-corrected chi connectivity index (χ1v) is 4.58. The fourth-order valence-corrected chi connectivity index (χ4v) is 2.89. The quantitative estimate of drug-likeness (QED) is 0.540. The van der Waals surface area contributed by atoms with E-state index in [4.69, 9.17) is 0 Å². The zero-order valence-electron chi connectivity index (χ0n) is 8.11. The molecule has 0 unspecified atom stereocenters. The van der Waals surface area contributed by atoms with Gasteiger partial charge in [-0.2, -0.15) is 0 Å². The van der Waals surface area contributed by atoms with E-state index >= 15 is 0 Å². The number of hydrogen-bond donors (Lipinski definition) is 0. The lowest BCUT2D eigenvalue weighted by Crippen LogP contribution is -2.40. The summed E-state index contributed by atoms with van der Waals surface area (Å²) in [6.07, 6.45) is 7.35. The van der Waals surface area contributed by atoms with E-state index in [0.29, 0.717) is 10.8 Å². The molecule has 1 saturated carbocycles. The van der Waals surface area contributed by atoms with Gasteiger partial charge in [0.25, 0.3) is 0 Å². The highest BCUT2D eigenvalue weighted by atomic mass is 14.5. The van der Waals surface area contributed by atoms with Crippen molar-refractivity contribution in [3.8, 4) is 0 Å². The molecule has 0 nitrogen and oxygen atoms in total. The van der Waals surface area contributed by atoms with Crippen LogP contribution in [0, 0.1) is 10.8 Å². The first kappa shape index (κ1) is 8.83. The molecule has 11 heavy (non-hydrogen) atoms. The molecular formula is C11H20. The molecule has 64 valence electrons. The summed E-state index contributed by atoms with van der Waals surface area (Å²) < 4.78 is 0. The summed E-state index contributed by atoms with van der Waals surface area (Å²) in [6.45, 7) is 10.9. The van der Waals surface area contributed by atoms with Crippen LogP contribution in [0.5, 0.6) is 0 Å². The Morgan fingerprint density at radius 1 is 1.27 bits per heavy atom. The third-order valence-electron chi connectivity index (χ3n) is 2.76. The average molecular weight is 152 g/mol. The predicted molar refractivity (Wildman–Crippen MR) is 50.6 cm³/mol. The Morgan fingerprint density at radius 3 is 2.18 bits per heavy atom. The van der Waals surface area contributed by atoms with Gasteiger partial charge >= 0.3 is 0 Å². The fraction of sp³-hybridized carbons (Fsp3) is 0.818.